The summed E-state index contributed by atoms with van der Waals surface area (Å²) < 4.78 is 13.6. The van der Waals surface area contributed by atoms with Crippen molar-refractivity contribution in [2.75, 3.05) is 24.6 Å². The Balaban J connectivity index is 1.73. The molecule has 1 aliphatic heterocycles. The van der Waals surface area contributed by atoms with Gasteiger partial charge in [0.2, 0.25) is 11.8 Å². The standard InChI is InChI=1S/C16H18ClFN2O3/c17-13-4-3-12(8-14(13)18)20-9-10(7-15(20)22)16(23)19(5-6-21)11-1-2-11/h3-4,8,10-11,21H,1-2,5-7,9H2. The molecule has 1 heterocycles. The van der Waals surface area contributed by atoms with Gasteiger partial charge < -0.3 is 14.9 Å². The van der Waals surface area contributed by atoms with E-state index >= 15 is 0 Å². The van der Waals surface area contributed by atoms with Crippen LogP contribution >= 0.6 is 11.6 Å². The van der Waals surface area contributed by atoms with Crippen LogP contribution in [0.15, 0.2) is 18.2 Å². The molecule has 1 saturated carbocycles. The first-order valence-electron chi connectivity index (χ1n) is 7.68. The fourth-order valence-electron chi connectivity index (χ4n) is 2.98. The molecule has 0 aromatic heterocycles. The van der Waals surface area contributed by atoms with Gasteiger partial charge in [0, 0.05) is 31.2 Å². The summed E-state index contributed by atoms with van der Waals surface area (Å²) in [6, 6.07) is 4.37. The molecule has 0 bridgehead atoms. The van der Waals surface area contributed by atoms with E-state index in [-0.39, 0.29) is 42.5 Å². The molecule has 1 N–H and O–H groups in total. The molecular formula is C16H18ClFN2O3. The van der Waals surface area contributed by atoms with E-state index in [0.29, 0.717) is 12.2 Å². The Hall–Kier alpha value is -1.66. The molecule has 1 atom stereocenters. The predicted molar refractivity (Wildman–Crippen MR) is 83.7 cm³/mol. The van der Waals surface area contributed by atoms with Gasteiger partial charge in [-0.1, -0.05) is 11.6 Å². The number of hydrogen-bond acceptors (Lipinski definition) is 3. The van der Waals surface area contributed by atoms with Crippen molar-refractivity contribution in [1.29, 1.82) is 0 Å². The average Bonchev–Trinajstić information content (AvgIpc) is 3.29. The minimum Gasteiger partial charge on any atom is -0.395 e. The summed E-state index contributed by atoms with van der Waals surface area (Å²) in [5.74, 6) is -1.35. The third-order valence-electron chi connectivity index (χ3n) is 4.30. The van der Waals surface area contributed by atoms with Gasteiger partial charge in [-0.15, -0.1) is 0 Å². The van der Waals surface area contributed by atoms with Gasteiger partial charge in [-0.3, -0.25) is 9.59 Å². The van der Waals surface area contributed by atoms with Crippen LogP contribution in [0.3, 0.4) is 0 Å². The highest BCUT2D eigenvalue weighted by molar-refractivity contribution is 6.30. The van der Waals surface area contributed by atoms with Crippen LogP contribution in [0.4, 0.5) is 10.1 Å². The number of benzene rings is 1. The van der Waals surface area contributed by atoms with Crippen LogP contribution in [0.1, 0.15) is 19.3 Å². The molecule has 23 heavy (non-hydrogen) atoms. The highest BCUT2D eigenvalue weighted by atomic mass is 35.5. The number of carbonyl (C=O) groups is 2. The number of halogens is 2. The lowest BCUT2D eigenvalue weighted by molar-refractivity contribution is -0.136. The summed E-state index contributed by atoms with van der Waals surface area (Å²) in [5.41, 5.74) is 0.410. The number of anilines is 1. The third kappa shape index (κ3) is 3.33. The van der Waals surface area contributed by atoms with Gasteiger partial charge in [-0.2, -0.15) is 0 Å². The van der Waals surface area contributed by atoms with Crippen LogP contribution in [-0.4, -0.2) is 47.6 Å². The summed E-state index contributed by atoms with van der Waals surface area (Å²) in [6.45, 7) is 0.437. The van der Waals surface area contributed by atoms with Gasteiger partial charge in [-0.05, 0) is 31.0 Å². The normalized spacial score (nSPS) is 20.9. The summed E-state index contributed by atoms with van der Waals surface area (Å²) in [7, 11) is 0. The van der Waals surface area contributed by atoms with Gasteiger partial charge >= 0.3 is 0 Å². The quantitative estimate of drug-likeness (QED) is 0.889. The fraction of sp³-hybridized carbons (Fsp3) is 0.500. The first-order chi connectivity index (χ1) is 11.0. The van der Waals surface area contributed by atoms with Crippen molar-refractivity contribution >= 4 is 29.1 Å². The summed E-state index contributed by atoms with van der Waals surface area (Å²) in [4.78, 5) is 27.9. The molecule has 2 aliphatic rings. The molecule has 7 heteroatoms. The predicted octanol–water partition coefficient (Wildman–Crippen LogP) is 1.82. The Morgan fingerprint density at radius 1 is 1.43 bits per heavy atom. The zero-order chi connectivity index (χ0) is 16.6. The second kappa shape index (κ2) is 6.45. The minimum atomic E-state index is -0.591. The largest absolute Gasteiger partial charge is 0.395 e. The molecule has 1 aliphatic carbocycles. The van der Waals surface area contributed by atoms with Crippen molar-refractivity contribution < 1.29 is 19.1 Å². The van der Waals surface area contributed by atoms with E-state index in [4.69, 9.17) is 16.7 Å². The molecule has 1 aromatic rings. The van der Waals surface area contributed by atoms with Gasteiger partial charge in [0.1, 0.15) is 5.82 Å². The minimum absolute atomic E-state index is 0.00382. The zero-order valence-electron chi connectivity index (χ0n) is 12.5. The van der Waals surface area contributed by atoms with Crippen LogP contribution in [0.5, 0.6) is 0 Å². The number of carbonyl (C=O) groups excluding carboxylic acids is 2. The van der Waals surface area contributed by atoms with Crippen molar-refractivity contribution in [3.8, 4) is 0 Å². The van der Waals surface area contributed by atoms with E-state index in [0.717, 1.165) is 12.8 Å². The number of hydrogen-bond donors (Lipinski definition) is 1. The third-order valence-corrected chi connectivity index (χ3v) is 4.61. The van der Waals surface area contributed by atoms with Crippen LogP contribution in [-0.2, 0) is 9.59 Å². The fourth-order valence-corrected chi connectivity index (χ4v) is 3.09. The average molecular weight is 341 g/mol. The first-order valence-corrected chi connectivity index (χ1v) is 8.06. The molecule has 0 spiro atoms. The summed E-state index contributed by atoms with van der Waals surface area (Å²) in [6.07, 6.45) is 1.99. The summed E-state index contributed by atoms with van der Waals surface area (Å²) >= 11 is 5.66. The Morgan fingerprint density at radius 2 is 2.17 bits per heavy atom. The van der Waals surface area contributed by atoms with Crippen LogP contribution in [0.25, 0.3) is 0 Å². The van der Waals surface area contributed by atoms with Gasteiger partial charge in [0.15, 0.2) is 0 Å². The molecule has 2 amide bonds. The van der Waals surface area contributed by atoms with Crippen molar-refractivity contribution in [2.24, 2.45) is 5.92 Å². The number of aliphatic hydroxyl groups excluding tert-OH is 1. The molecule has 1 saturated heterocycles. The van der Waals surface area contributed by atoms with E-state index < -0.39 is 11.7 Å². The maximum absolute atomic E-state index is 13.6. The van der Waals surface area contributed by atoms with Crippen molar-refractivity contribution in [1.82, 2.24) is 4.90 Å². The molecule has 1 aromatic carbocycles. The topological polar surface area (TPSA) is 60.9 Å². The van der Waals surface area contributed by atoms with Gasteiger partial charge in [0.05, 0.1) is 17.5 Å². The Morgan fingerprint density at radius 3 is 2.78 bits per heavy atom. The van der Waals surface area contributed by atoms with E-state index in [9.17, 15) is 14.0 Å². The van der Waals surface area contributed by atoms with E-state index in [1.165, 1.54) is 17.0 Å². The summed E-state index contributed by atoms with van der Waals surface area (Å²) in [5, 5.41) is 9.11. The highest BCUT2D eigenvalue weighted by Gasteiger charge is 2.41. The monoisotopic (exact) mass is 340 g/mol. The lowest BCUT2D eigenvalue weighted by Crippen LogP contribution is -2.40. The molecule has 2 fully saturated rings. The van der Waals surface area contributed by atoms with Crippen LogP contribution < -0.4 is 4.90 Å². The molecule has 3 rings (SSSR count). The Kier molecular flexibility index (Phi) is 4.55. The van der Waals surface area contributed by atoms with Crippen molar-refractivity contribution in [3.63, 3.8) is 0 Å². The van der Waals surface area contributed by atoms with E-state index in [2.05, 4.69) is 0 Å². The van der Waals surface area contributed by atoms with Crippen LogP contribution in [0, 0.1) is 11.7 Å². The molecule has 124 valence electrons. The second-order valence-electron chi connectivity index (χ2n) is 5.99. The van der Waals surface area contributed by atoms with Gasteiger partial charge in [0.25, 0.3) is 0 Å². The number of aliphatic hydroxyl groups is 1. The Bertz CT molecular complexity index is 636. The molecule has 5 nitrogen and oxygen atoms in total. The molecule has 1 unspecified atom stereocenters. The molecular weight excluding hydrogens is 323 g/mol. The number of rotatable bonds is 5. The van der Waals surface area contributed by atoms with Gasteiger partial charge in [-0.25, -0.2) is 4.39 Å². The molecule has 0 radical (unpaired) electrons. The van der Waals surface area contributed by atoms with Crippen LogP contribution in [0.2, 0.25) is 5.02 Å². The smallest absolute Gasteiger partial charge is 0.228 e. The maximum Gasteiger partial charge on any atom is 0.228 e. The zero-order valence-corrected chi connectivity index (χ0v) is 13.3. The lowest BCUT2D eigenvalue weighted by Gasteiger charge is -2.24. The van der Waals surface area contributed by atoms with E-state index in [1.54, 1.807) is 11.0 Å². The first kappa shape index (κ1) is 16.2. The number of nitrogens with zero attached hydrogens (tertiary/aromatic N) is 2. The van der Waals surface area contributed by atoms with Crippen molar-refractivity contribution in [3.05, 3.63) is 29.0 Å². The number of amides is 2. The highest BCUT2D eigenvalue weighted by Crippen LogP contribution is 2.32. The maximum atomic E-state index is 13.6. The second-order valence-corrected chi connectivity index (χ2v) is 6.40. The van der Waals surface area contributed by atoms with E-state index in [1.807, 2.05) is 0 Å². The SMILES string of the molecule is O=C1CC(C(=O)N(CCO)C2CC2)CN1c1ccc(Cl)c(F)c1. The van der Waals surface area contributed by atoms with Crippen molar-refractivity contribution in [2.45, 2.75) is 25.3 Å². The lowest BCUT2D eigenvalue weighted by atomic mass is 10.1. The Labute approximate surface area is 138 Å².